The molecule has 0 saturated heterocycles. The number of aromatic nitrogens is 1. The maximum Gasteiger partial charge on any atom is 0.316 e. The normalized spacial score (nSPS) is 6.67. The molecule has 0 aliphatic rings. The first-order valence-electron chi connectivity index (χ1n) is 1.58. The van der Waals surface area contributed by atoms with E-state index in [4.69, 9.17) is 0 Å². The Balaban J connectivity index is 0.000000250. The number of hydrogen-bond acceptors (Lipinski definition) is 0. The zero-order valence-corrected chi connectivity index (χ0v) is 2.81. The highest BCUT2D eigenvalue weighted by atomic mass is 24.3. The number of nitrogens with one attached hydrogen (secondary N) is 1. The molecule has 0 aliphatic carbocycles. The molecule has 30 valence electrons. The fourth-order valence-corrected chi connectivity index (χ4v) is 0.278. The predicted molar refractivity (Wildman–Crippen MR) is 29.3 cm³/mol. The third kappa shape index (κ3) is 1.47. The smallest absolute Gasteiger partial charge is 0.316 e. The largest absolute Gasteiger partial charge is 0.368 e. The Morgan fingerprint density at radius 2 is 1.50 bits per heavy atom. The van der Waals surface area contributed by atoms with Crippen molar-refractivity contribution >= 4 is 23.1 Å². The Kier molecular flexibility index (Phi) is 3.27. The molecule has 0 aromatic carbocycles. The Labute approximate surface area is 52.9 Å². The van der Waals surface area contributed by atoms with E-state index in [1.807, 2.05) is 24.5 Å². The molecule has 0 atom stereocenters. The van der Waals surface area contributed by atoms with E-state index < -0.39 is 0 Å². The van der Waals surface area contributed by atoms with Gasteiger partial charge in [-0.2, -0.15) is 0 Å². The maximum absolute atomic E-state index is 2.86. The van der Waals surface area contributed by atoms with Gasteiger partial charge in [0, 0.05) is 12.4 Å². The molecule has 6 heavy (non-hydrogen) atoms. The summed E-state index contributed by atoms with van der Waals surface area (Å²) in [6, 6.07) is 3.89. The van der Waals surface area contributed by atoms with Crippen LogP contribution in [0.3, 0.4) is 0 Å². The summed E-state index contributed by atoms with van der Waals surface area (Å²) in [4.78, 5) is 2.86. The van der Waals surface area contributed by atoms with Crippen LogP contribution in [0.4, 0.5) is 0 Å². The first-order valence-corrected chi connectivity index (χ1v) is 1.58. The van der Waals surface area contributed by atoms with E-state index in [0.29, 0.717) is 0 Å². The lowest BCUT2D eigenvalue weighted by atomic mass is 10.7. The number of aromatic amines is 1. The van der Waals surface area contributed by atoms with Gasteiger partial charge in [0.25, 0.3) is 0 Å². The Bertz CT molecular complexity index is 64.0. The summed E-state index contributed by atoms with van der Waals surface area (Å²) < 4.78 is 0. The van der Waals surface area contributed by atoms with E-state index in [0.717, 1.165) is 0 Å². The van der Waals surface area contributed by atoms with Gasteiger partial charge in [0.05, 0.1) is 0 Å². The van der Waals surface area contributed by atoms with Crippen molar-refractivity contribution < 1.29 is 0 Å². The van der Waals surface area contributed by atoms with Gasteiger partial charge in [0.15, 0.2) is 0 Å². The quantitative estimate of drug-likeness (QED) is 0.438. The molecule has 0 aliphatic heterocycles. The third-order valence-corrected chi connectivity index (χ3v) is 0.496. The van der Waals surface area contributed by atoms with Crippen LogP contribution in [0.2, 0.25) is 0 Å². The molecule has 1 rings (SSSR count). The predicted octanol–water partition coefficient (Wildman–Crippen LogP) is 0.0985. The van der Waals surface area contributed by atoms with Gasteiger partial charge in [-0.1, -0.05) is 0 Å². The summed E-state index contributed by atoms with van der Waals surface area (Å²) in [5.41, 5.74) is 0. The molecule has 1 N–H and O–H groups in total. The highest BCUT2D eigenvalue weighted by molar-refractivity contribution is 5.75. The second kappa shape index (κ2) is 3.24. The van der Waals surface area contributed by atoms with Crippen LogP contribution in [0, 0.1) is 0 Å². The third-order valence-electron chi connectivity index (χ3n) is 0.496. The van der Waals surface area contributed by atoms with Crippen molar-refractivity contribution in [3.8, 4) is 0 Å². The van der Waals surface area contributed by atoms with Crippen molar-refractivity contribution in [3.05, 3.63) is 24.5 Å². The molecule has 0 fully saturated rings. The van der Waals surface area contributed by atoms with Crippen LogP contribution >= 0.6 is 0 Å². The lowest BCUT2D eigenvalue weighted by Crippen LogP contribution is -1.38. The molecule has 0 amide bonds. The van der Waals surface area contributed by atoms with E-state index >= 15 is 0 Å². The second-order valence-corrected chi connectivity index (χ2v) is 0.885. The lowest BCUT2D eigenvalue weighted by molar-refractivity contribution is 1.42. The number of rotatable bonds is 0. The van der Waals surface area contributed by atoms with Crippen LogP contribution in [0.25, 0.3) is 0 Å². The van der Waals surface area contributed by atoms with Gasteiger partial charge in [0.2, 0.25) is 0 Å². The summed E-state index contributed by atoms with van der Waals surface area (Å²) >= 11 is 0. The standard InChI is InChI=1S/C4H5N.Mg.2H/c1-2-4-5-3-1;;;/h1-5H;;;. The van der Waals surface area contributed by atoms with E-state index in [1.54, 1.807) is 0 Å². The Hall–Kier alpha value is 0.0462. The van der Waals surface area contributed by atoms with Crippen LogP contribution in [0.15, 0.2) is 24.5 Å². The maximum atomic E-state index is 2.86. The van der Waals surface area contributed by atoms with Crippen LogP contribution in [-0.2, 0) is 0 Å². The van der Waals surface area contributed by atoms with Crippen molar-refractivity contribution in [3.63, 3.8) is 0 Å². The molecule has 1 aromatic heterocycles. The number of hydrogen-bond donors (Lipinski definition) is 1. The minimum Gasteiger partial charge on any atom is -0.368 e. The molecule has 0 radical (unpaired) electrons. The van der Waals surface area contributed by atoms with Crippen LogP contribution in [0.1, 0.15) is 0 Å². The fraction of sp³-hybridized carbons (Fsp3) is 0. The molecule has 1 nitrogen and oxygen atoms in total. The van der Waals surface area contributed by atoms with E-state index in [-0.39, 0.29) is 23.1 Å². The Morgan fingerprint density at radius 1 is 1.00 bits per heavy atom. The minimum absolute atomic E-state index is 0. The first kappa shape index (κ1) is 6.05. The zero-order chi connectivity index (χ0) is 3.54. The SMILES string of the molecule is [MgH2].c1cc[nH]c1. The summed E-state index contributed by atoms with van der Waals surface area (Å²) in [5.74, 6) is 0. The van der Waals surface area contributed by atoms with Crippen LogP contribution < -0.4 is 0 Å². The van der Waals surface area contributed by atoms with Crippen molar-refractivity contribution in [2.45, 2.75) is 0 Å². The van der Waals surface area contributed by atoms with Gasteiger partial charge in [-0.15, -0.1) is 0 Å². The Morgan fingerprint density at radius 3 is 1.67 bits per heavy atom. The first-order chi connectivity index (χ1) is 2.50. The zero-order valence-electron chi connectivity index (χ0n) is 2.81. The van der Waals surface area contributed by atoms with Crippen molar-refractivity contribution in [1.82, 2.24) is 4.98 Å². The topological polar surface area (TPSA) is 15.8 Å². The highest BCUT2D eigenvalue weighted by Gasteiger charge is 1.55. The molecular weight excluding hydrogens is 86.4 g/mol. The van der Waals surface area contributed by atoms with Gasteiger partial charge in [-0.25, -0.2) is 0 Å². The highest BCUT2D eigenvalue weighted by Crippen LogP contribution is 1.72. The summed E-state index contributed by atoms with van der Waals surface area (Å²) in [5, 5.41) is 0. The van der Waals surface area contributed by atoms with Crippen molar-refractivity contribution in [2.75, 3.05) is 0 Å². The monoisotopic (exact) mass is 93.0 g/mol. The molecule has 1 aromatic rings. The second-order valence-electron chi connectivity index (χ2n) is 0.885. The van der Waals surface area contributed by atoms with E-state index in [9.17, 15) is 0 Å². The summed E-state index contributed by atoms with van der Waals surface area (Å²) in [7, 11) is 0. The van der Waals surface area contributed by atoms with Gasteiger partial charge in [0.1, 0.15) is 0 Å². The van der Waals surface area contributed by atoms with Crippen molar-refractivity contribution in [2.24, 2.45) is 0 Å². The molecule has 1 heterocycles. The molecular formula is C4H7MgN. The van der Waals surface area contributed by atoms with Crippen molar-refractivity contribution in [1.29, 1.82) is 0 Å². The number of H-pyrrole nitrogens is 1. The molecule has 0 spiro atoms. The lowest BCUT2D eigenvalue weighted by Gasteiger charge is -1.49. The average Bonchev–Trinajstić information content (AvgIpc) is 1.76. The molecule has 0 saturated carbocycles. The fourth-order valence-electron chi connectivity index (χ4n) is 0.278. The van der Waals surface area contributed by atoms with Crippen LogP contribution in [-0.4, -0.2) is 28.0 Å². The van der Waals surface area contributed by atoms with E-state index in [1.165, 1.54) is 0 Å². The summed E-state index contributed by atoms with van der Waals surface area (Å²) in [6.07, 6.45) is 3.75. The summed E-state index contributed by atoms with van der Waals surface area (Å²) in [6.45, 7) is 0. The van der Waals surface area contributed by atoms with Gasteiger partial charge < -0.3 is 4.98 Å². The molecule has 0 unspecified atom stereocenters. The van der Waals surface area contributed by atoms with Crippen LogP contribution in [0.5, 0.6) is 0 Å². The van der Waals surface area contributed by atoms with E-state index in [2.05, 4.69) is 4.98 Å². The van der Waals surface area contributed by atoms with Gasteiger partial charge >= 0.3 is 23.1 Å². The van der Waals surface area contributed by atoms with Gasteiger partial charge in [-0.05, 0) is 12.1 Å². The molecule has 2 heteroatoms. The minimum atomic E-state index is 0. The average molecular weight is 93.4 g/mol. The van der Waals surface area contributed by atoms with Gasteiger partial charge in [-0.3, -0.25) is 0 Å². The molecule has 0 bridgehead atoms.